The Kier molecular flexibility index (Phi) is 4.37. The van der Waals surface area contributed by atoms with Gasteiger partial charge < -0.3 is 19.5 Å². The molecule has 0 radical (unpaired) electrons. The molecule has 1 N–H and O–H groups in total. The molecule has 2 fully saturated rings. The lowest BCUT2D eigenvalue weighted by atomic mass is 9.57. The lowest BCUT2D eigenvalue weighted by Crippen LogP contribution is -2.80. The highest BCUT2D eigenvalue weighted by atomic mass is 16.5. The van der Waals surface area contributed by atoms with Crippen LogP contribution in [0.25, 0.3) is 0 Å². The highest BCUT2D eigenvalue weighted by Gasteiger charge is 2.67. The number of ether oxygens (including phenoxy) is 2. The van der Waals surface area contributed by atoms with E-state index >= 15 is 0 Å². The van der Waals surface area contributed by atoms with E-state index in [1.165, 1.54) is 7.11 Å². The van der Waals surface area contributed by atoms with E-state index in [-0.39, 0.29) is 18.5 Å². The van der Waals surface area contributed by atoms with Crippen LogP contribution >= 0.6 is 0 Å². The average molecular weight is 347 g/mol. The van der Waals surface area contributed by atoms with E-state index in [9.17, 15) is 14.7 Å². The fourth-order valence-electron chi connectivity index (χ4n) is 3.98. The summed E-state index contributed by atoms with van der Waals surface area (Å²) in [6.45, 7) is 5.86. The van der Waals surface area contributed by atoms with Crippen molar-refractivity contribution < 1.29 is 24.2 Å². The highest BCUT2D eigenvalue weighted by Crippen LogP contribution is 2.51. The van der Waals surface area contributed by atoms with Gasteiger partial charge in [-0.25, -0.2) is 0 Å². The van der Waals surface area contributed by atoms with Crippen molar-refractivity contribution in [2.24, 2.45) is 11.3 Å². The number of esters is 1. The first-order valence-corrected chi connectivity index (χ1v) is 8.48. The summed E-state index contributed by atoms with van der Waals surface area (Å²) in [6.07, 6.45) is -0.611. The molecule has 25 heavy (non-hydrogen) atoms. The predicted octanol–water partition coefficient (Wildman–Crippen LogP) is 1.36. The van der Waals surface area contributed by atoms with Crippen molar-refractivity contribution in [3.8, 4) is 0 Å². The van der Waals surface area contributed by atoms with Crippen molar-refractivity contribution in [1.82, 2.24) is 4.90 Å². The normalized spacial score (nSPS) is 33.4. The fraction of sp³-hybridized carbons (Fsp3) is 0.579. The Balaban J connectivity index is 1.79. The molecule has 6 nitrogen and oxygen atoms in total. The van der Waals surface area contributed by atoms with Crippen LogP contribution in [-0.2, 0) is 25.7 Å². The second-order valence-electron chi connectivity index (χ2n) is 7.60. The molecule has 2 saturated heterocycles. The Labute approximate surface area is 147 Å². The monoisotopic (exact) mass is 347 g/mol. The number of aliphatic hydroxyl groups is 1. The average Bonchev–Trinajstić information content (AvgIpc) is 2.58. The van der Waals surface area contributed by atoms with E-state index in [4.69, 9.17) is 9.47 Å². The number of amides is 1. The number of carbonyl (C=O) groups excluding carboxylic acids is 2. The number of hydrogen-bond acceptors (Lipinski definition) is 5. The summed E-state index contributed by atoms with van der Waals surface area (Å²) in [5.41, 5.74) is -1.04. The molecule has 0 spiro atoms. The van der Waals surface area contributed by atoms with E-state index < -0.39 is 29.0 Å². The van der Waals surface area contributed by atoms with E-state index in [0.29, 0.717) is 6.61 Å². The van der Waals surface area contributed by atoms with Crippen molar-refractivity contribution in [2.45, 2.75) is 45.1 Å². The summed E-state index contributed by atoms with van der Waals surface area (Å²) in [5, 5.41) is 11.1. The van der Waals surface area contributed by atoms with Crippen LogP contribution in [0.5, 0.6) is 0 Å². The summed E-state index contributed by atoms with van der Waals surface area (Å²) >= 11 is 0. The number of rotatable bonds is 4. The number of β-lactam (4-membered cyclic amide) rings is 1. The van der Waals surface area contributed by atoms with Crippen LogP contribution in [0.2, 0.25) is 0 Å². The molecule has 6 heteroatoms. The van der Waals surface area contributed by atoms with Gasteiger partial charge >= 0.3 is 5.97 Å². The largest absolute Gasteiger partial charge is 0.469 e. The molecule has 3 rings (SSSR count). The molecule has 0 aliphatic carbocycles. The quantitative estimate of drug-likeness (QED) is 0.657. The highest BCUT2D eigenvalue weighted by molar-refractivity contribution is 5.90. The van der Waals surface area contributed by atoms with E-state index in [0.717, 1.165) is 5.56 Å². The van der Waals surface area contributed by atoms with E-state index in [2.05, 4.69) is 0 Å². The summed E-state index contributed by atoms with van der Waals surface area (Å²) in [4.78, 5) is 26.3. The number of nitrogens with zero attached hydrogens (tertiary/aromatic N) is 1. The van der Waals surface area contributed by atoms with E-state index in [1.807, 2.05) is 44.2 Å². The molecule has 1 aromatic carbocycles. The summed E-state index contributed by atoms with van der Waals surface area (Å²) in [7, 11) is 1.29. The molecule has 136 valence electrons. The van der Waals surface area contributed by atoms with Crippen molar-refractivity contribution in [3.05, 3.63) is 35.9 Å². The summed E-state index contributed by atoms with van der Waals surface area (Å²) in [5.74, 6) is -1.42. The second kappa shape index (κ2) is 6.11. The maximum atomic E-state index is 12.5. The standard InChI is InChI=1S/C19H25NO5/c1-18(2)15-14(25-11-12-8-6-5-7-9-12)16(21)20(15)10-13(17(22)24-4)19(18,3)23/h5-9,13-15,23H,10-11H2,1-4H3/t13-,14+,15+,19+/m0/s1. The first kappa shape index (κ1) is 17.9. The van der Waals surface area contributed by atoms with Gasteiger partial charge in [0.1, 0.15) is 5.92 Å². The maximum absolute atomic E-state index is 12.5. The van der Waals surface area contributed by atoms with Crippen molar-refractivity contribution in [2.75, 3.05) is 13.7 Å². The molecule has 0 aromatic heterocycles. The molecular formula is C19H25NO5. The zero-order valence-electron chi connectivity index (χ0n) is 15.1. The van der Waals surface area contributed by atoms with Crippen LogP contribution in [0.4, 0.5) is 0 Å². The number of hydrogen-bond donors (Lipinski definition) is 1. The Morgan fingerprint density at radius 1 is 1.28 bits per heavy atom. The third-order valence-electron chi connectivity index (χ3n) is 6.01. The van der Waals surface area contributed by atoms with Crippen molar-refractivity contribution in [3.63, 3.8) is 0 Å². The van der Waals surface area contributed by atoms with Gasteiger partial charge in [0.05, 0.1) is 25.4 Å². The van der Waals surface area contributed by atoms with Crippen LogP contribution < -0.4 is 0 Å². The Hall–Kier alpha value is -1.92. The minimum atomic E-state index is -1.31. The smallest absolute Gasteiger partial charge is 0.313 e. The van der Waals surface area contributed by atoms with Gasteiger partial charge in [0.2, 0.25) is 0 Å². The fourth-order valence-corrected chi connectivity index (χ4v) is 3.98. The first-order chi connectivity index (χ1) is 11.7. The van der Waals surface area contributed by atoms with E-state index in [1.54, 1.807) is 11.8 Å². The molecule has 1 amide bonds. The first-order valence-electron chi connectivity index (χ1n) is 8.48. The third kappa shape index (κ3) is 2.64. The number of carbonyl (C=O) groups is 2. The number of piperidine rings is 1. The Morgan fingerprint density at radius 2 is 1.92 bits per heavy atom. The topological polar surface area (TPSA) is 76.1 Å². The lowest BCUT2D eigenvalue weighted by molar-refractivity contribution is -0.243. The van der Waals surface area contributed by atoms with Crippen molar-refractivity contribution in [1.29, 1.82) is 0 Å². The van der Waals surface area contributed by atoms with Crippen LogP contribution in [0.15, 0.2) is 30.3 Å². The molecule has 2 aliphatic rings. The molecule has 4 atom stereocenters. The van der Waals surface area contributed by atoms with Gasteiger partial charge in [0, 0.05) is 12.0 Å². The Morgan fingerprint density at radius 3 is 2.52 bits per heavy atom. The Bertz CT molecular complexity index is 670. The zero-order chi connectivity index (χ0) is 18.4. The summed E-state index contributed by atoms with van der Waals surface area (Å²) in [6, 6.07) is 9.37. The molecule has 2 aliphatic heterocycles. The van der Waals surface area contributed by atoms with Crippen LogP contribution in [0.3, 0.4) is 0 Å². The summed E-state index contributed by atoms with van der Waals surface area (Å²) < 4.78 is 10.7. The minimum absolute atomic E-state index is 0.140. The second-order valence-corrected chi connectivity index (χ2v) is 7.60. The molecule has 0 saturated carbocycles. The van der Waals surface area contributed by atoms with Gasteiger partial charge in [-0.15, -0.1) is 0 Å². The molecule has 1 aromatic rings. The lowest BCUT2D eigenvalue weighted by Gasteiger charge is -2.63. The minimum Gasteiger partial charge on any atom is -0.469 e. The SMILES string of the molecule is COC(=O)[C@@H]1CN2C(=O)[C@H](OCc3ccccc3)[C@@H]2C(C)(C)[C@]1(C)O. The molecule has 0 unspecified atom stereocenters. The zero-order valence-corrected chi connectivity index (χ0v) is 15.1. The number of methoxy groups -OCH3 is 1. The third-order valence-corrected chi connectivity index (χ3v) is 6.01. The van der Waals surface area contributed by atoms with Crippen molar-refractivity contribution >= 4 is 11.9 Å². The van der Waals surface area contributed by atoms with Gasteiger partial charge in [0.15, 0.2) is 6.10 Å². The van der Waals surface area contributed by atoms with Gasteiger partial charge in [-0.2, -0.15) is 0 Å². The van der Waals surface area contributed by atoms with Gasteiger partial charge in [-0.1, -0.05) is 44.2 Å². The maximum Gasteiger partial charge on any atom is 0.313 e. The predicted molar refractivity (Wildman–Crippen MR) is 90.4 cm³/mol. The molecule has 0 bridgehead atoms. The van der Waals surface area contributed by atoms with Gasteiger partial charge in [-0.3, -0.25) is 9.59 Å². The van der Waals surface area contributed by atoms with Crippen LogP contribution in [0, 0.1) is 11.3 Å². The molecule has 2 heterocycles. The van der Waals surface area contributed by atoms with Gasteiger partial charge in [0.25, 0.3) is 5.91 Å². The number of benzene rings is 1. The molecular weight excluding hydrogens is 322 g/mol. The van der Waals surface area contributed by atoms with Crippen LogP contribution in [-0.4, -0.2) is 53.3 Å². The number of fused-ring (bicyclic) bond motifs is 1. The van der Waals surface area contributed by atoms with Crippen LogP contribution in [0.1, 0.15) is 26.3 Å². The van der Waals surface area contributed by atoms with Gasteiger partial charge in [-0.05, 0) is 12.5 Å².